The van der Waals surface area contributed by atoms with Crippen molar-refractivity contribution in [2.75, 3.05) is 19.6 Å². The molecular formula is C33H36N2. The van der Waals surface area contributed by atoms with E-state index in [4.69, 9.17) is 0 Å². The summed E-state index contributed by atoms with van der Waals surface area (Å²) in [6.45, 7) is 5.54. The highest BCUT2D eigenvalue weighted by Crippen LogP contribution is 2.23. The van der Waals surface area contributed by atoms with Crippen molar-refractivity contribution in [1.82, 2.24) is 9.80 Å². The van der Waals surface area contributed by atoms with Crippen LogP contribution in [-0.4, -0.2) is 35.5 Å². The van der Waals surface area contributed by atoms with Gasteiger partial charge in [-0.15, -0.1) is 0 Å². The fraction of sp³-hybridized carbons (Fsp3) is 0.273. The highest BCUT2D eigenvalue weighted by molar-refractivity contribution is 5.63. The van der Waals surface area contributed by atoms with E-state index in [0.717, 1.165) is 26.1 Å². The molecule has 4 aromatic carbocycles. The fourth-order valence-electron chi connectivity index (χ4n) is 5.26. The lowest BCUT2D eigenvalue weighted by Gasteiger charge is -2.39. The quantitative estimate of drug-likeness (QED) is 0.264. The molecule has 0 saturated carbocycles. The predicted octanol–water partition coefficient (Wildman–Crippen LogP) is 7.06. The van der Waals surface area contributed by atoms with E-state index in [-0.39, 0.29) is 0 Å². The largest absolute Gasteiger partial charge is 0.299 e. The average Bonchev–Trinajstić information content (AvgIpc) is 2.94. The summed E-state index contributed by atoms with van der Waals surface area (Å²) in [4.78, 5) is 5.36. The standard InChI is InChI=1S/C33H36N2/c1-4-10-28(11-5-1)20-25-35(27-29-12-6-2-7-13-29)33-21-23-34(24-22-33)26-30-16-18-32(19-17-30)31-14-8-3-9-15-31/h1-19,33H,20-27H2. The molecule has 35 heavy (non-hydrogen) atoms. The molecule has 0 spiro atoms. The Bertz CT molecular complexity index is 1130. The topological polar surface area (TPSA) is 6.48 Å². The molecule has 1 aliphatic rings. The van der Waals surface area contributed by atoms with Gasteiger partial charge in [0.15, 0.2) is 0 Å². The molecule has 4 aromatic rings. The normalized spacial score (nSPS) is 14.9. The third kappa shape index (κ3) is 6.69. The predicted molar refractivity (Wildman–Crippen MR) is 147 cm³/mol. The highest BCUT2D eigenvalue weighted by atomic mass is 15.2. The van der Waals surface area contributed by atoms with Crippen molar-refractivity contribution in [2.24, 2.45) is 0 Å². The lowest BCUT2D eigenvalue weighted by atomic mass is 10.00. The molecule has 1 saturated heterocycles. The number of rotatable bonds is 9. The summed E-state index contributed by atoms with van der Waals surface area (Å²) >= 11 is 0. The van der Waals surface area contributed by atoms with Gasteiger partial charge in [0.2, 0.25) is 0 Å². The molecule has 1 aliphatic heterocycles. The Morgan fingerprint density at radius 3 is 1.74 bits per heavy atom. The van der Waals surface area contributed by atoms with Crippen LogP contribution in [0.25, 0.3) is 11.1 Å². The summed E-state index contributed by atoms with van der Waals surface area (Å²) in [6, 6.07) is 42.3. The van der Waals surface area contributed by atoms with E-state index in [1.165, 1.54) is 53.7 Å². The molecule has 0 N–H and O–H groups in total. The van der Waals surface area contributed by atoms with Crippen LogP contribution in [0.4, 0.5) is 0 Å². The van der Waals surface area contributed by atoms with Crippen LogP contribution in [0.15, 0.2) is 115 Å². The van der Waals surface area contributed by atoms with Crippen LogP contribution in [0, 0.1) is 0 Å². The van der Waals surface area contributed by atoms with Crippen molar-refractivity contribution in [3.8, 4) is 11.1 Å². The van der Waals surface area contributed by atoms with E-state index in [9.17, 15) is 0 Å². The molecule has 178 valence electrons. The minimum absolute atomic E-state index is 0.649. The van der Waals surface area contributed by atoms with Crippen LogP contribution < -0.4 is 0 Å². The third-order valence-corrected chi connectivity index (χ3v) is 7.30. The Kier molecular flexibility index (Phi) is 8.05. The highest BCUT2D eigenvalue weighted by Gasteiger charge is 2.24. The van der Waals surface area contributed by atoms with E-state index < -0.39 is 0 Å². The minimum atomic E-state index is 0.649. The fourth-order valence-corrected chi connectivity index (χ4v) is 5.26. The Hall–Kier alpha value is -3.20. The lowest BCUT2D eigenvalue weighted by molar-refractivity contribution is 0.0997. The molecule has 0 unspecified atom stereocenters. The first-order chi connectivity index (χ1) is 17.3. The number of hydrogen-bond donors (Lipinski definition) is 0. The van der Waals surface area contributed by atoms with Crippen molar-refractivity contribution in [3.63, 3.8) is 0 Å². The number of likely N-dealkylation sites (tertiary alicyclic amines) is 1. The van der Waals surface area contributed by atoms with Crippen LogP contribution in [0.5, 0.6) is 0 Å². The molecule has 0 radical (unpaired) electrons. The smallest absolute Gasteiger partial charge is 0.0236 e. The van der Waals surface area contributed by atoms with Crippen LogP contribution in [0.2, 0.25) is 0 Å². The van der Waals surface area contributed by atoms with Crippen LogP contribution in [0.3, 0.4) is 0 Å². The first kappa shape index (κ1) is 23.5. The van der Waals surface area contributed by atoms with Gasteiger partial charge in [0, 0.05) is 25.7 Å². The summed E-state index contributed by atoms with van der Waals surface area (Å²) in [7, 11) is 0. The van der Waals surface area contributed by atoms with Crippen molar-refractivity contribution in [2.45, 2.75) is 38.4 Å². The van der Waals surface area contributed by atoms with Gasteiger partial charge in [-0.1, -0.05) is 115 Å². The molecule has 0 aliphatic carbocycles. The monoisotopic (exact) mass is 460 g/mol. The molecule has 0 bridgehead atoms. The van der Waals surface area contributed by atoms with Gasteiger partial charge in [-0.25, -0.2) is 0 Å². The summed E-state index contributed by atoms with van der Waals surface area (Å²) in [5.74, 6) is 0. The van der Waals surface area contributed by atoms with E-state index >= 15 is 0 Å². The molecule has 1 heterocycles. The minimum Gasteiger partial charge on any atom is -0.299 e. The molecule has 0 aromatic heterocycles. The summed E-state index contributed by atoms with van der Waals surface area (Å²) < 4.78 is 0. The first-order valence-corrected chi connectivity index (χ1v) is 13.0. The zero-order valence-electron chi connectivity index (χ0n) is 20.6. The van der Waals surface area contributed by atoms with Gasteiger partial charge in [-0.2, -0.15) is 0 Å². The Labute approximate surface area is 210 Å². The number of piperidine rings is 1. The Balaban J connectivity index is 1.17. The average molecular weight is 461 g/mol. The van der Waals surface area contributed by atoms with E-state index in [1.54, 1.807) is 0 Å². The zero-order valence-corrected chi connectivity index (χ0v) is 20.6. The van der Waals surface area contributed by atoms with E-state index in [1.807, 2.05) is 0 Å². The second kappa shape index (κ2) is 12.0. The van der Waals surface area contributed by atoms with Gasteiger partial charge < -0.3 is 0 Å². The molecule has 2 heteroatoms. The number of hydrogen-bond acceptors (Lipinski definition) is 2. The Morgan fingerprint density at radius 1 is 0.571 bits per heavy atom. The van der Waals surface area contributed by atoms with Crippen LogP contribution in [0.1, 0.15) is 29.5 Å². The summed E-state index contributed by atoms with van der Waals surface area (Å²) in [6.07, 6.45) is 3.59. The molecule has 0 amide bonds. The number of nitrogens with zero attached hydrogens (tertiary/aromatic N) is 2. The van der Waals surface area contributed by atoms with Gasteiger partial charge in [-0.3, -0.25) is 9.80 Å². The second-order valence-corrected chi connectivity index (χ2v) is 9.76. The van der Waals surface area contributed by atoms with Crippen molar-refractivity contribution >= 4 is 0 Å². The van der Waals surface area contributed by atoms with Crippen LogP contribution in [-0.2, 0) is 19.5 Å². The molecule has 5 rings (SSSR count). The summed E-state index contributed by atoms with van der Waals surface area (Å²) in [5, 5.41) is 0. The van der Waals surface area contributed by atoms with Gasteiger partial charge in [-0.05, 0) is 60.2 Å². The zero-order chi connectivity index (χ0) is 23.7. The van der Waals surface area contributed by atoms with E-state index in [0.29, 0.717) is 6.04 Å². The summed E-state index contributed by atoms with van der Waals surface area (Å²) in [5.41, 5.74) is 6.84. The molecule has 0 atom stereocenters. The SMILES string of the molecule is c1ccc(CCN(Cc2ccccc2)C2CCN(Cc3ccc(-c4ccccc4)cc3)CC2)cc1. The third-order valence-electron chi connectivity index (χ3n) is 7.30. The molecular weight excluding hydrogens is 424 g/mol. The van der Waals surface area contributed by atoms with Crippen molar-refractivity contribution < 1.29 is 0 Å². The maximum atomic E-state index is 2.73. The van der Waals surface area contributed by atoms with Crippen molar-refractivity contribution in [3.05, 3.63) is 132 Å². The molecule has 2 nitrogen and oxygen atoms in total. The van der Waals surface area contributed by atoms with E-state index in [2.05, 4.69) is 125 Å². The maximum Gasteiger partial charge on any atom is 0.0236 e. The van der Waals surface area contributed by atoms with Gasteiger partial charge in [0.25, 0.3) is 0 Å². The maximum absolute atomic E-state index is 2.73. The lowest BCUT2D eigenvalue weighted by Crippen LogP contribution is -2.45. The molecule has 1 fully saturated rings. The number of benzene rings is 4. The first-order valence-electron chi connectivity index (χ1n) is 13.0. The van der Waals surface area contributed by atoms with Gasteiger partial charge >= 0.3 is 0 Å². The second-order valence-electron chi connectivity index (χ2n) is 9.76. The van der Waals surface area contributed by atoms with Gasteiger partial charge in [0.05, 0.1) is 0 Å². The van der Waals surface area contributed by atoms with Gasteiger partial charge in [0.1, 0.15) is 0 Å². The van der Waals surface area contributed by atoms with Crippen molar-refractivity contribution in [1.29, 1.82) is 0 Å². The Morgan fingerprint density at radius 2 is 1.11 bits per heavy atom. The van der Waals surface area contributed by atoms with Crippen LogP contribution >= 0.6 is 0 Å².